The first-order valence-corrected chi connectivity index (χ1v) is 11.3. The third-order valence-electron chi connectivity index (χ3n) is 5.54. The normalized spacial score (nSPS) is 16.6. The van der Waals surface area contributed by atoms with Crippen molar-refractivity contribution < 1.29 is 8.42 Å². The largest absolute Gasteiger partial charge is 0.310 e. The fourth-order valence-electron chi connectivity index (χ4n) is 3.68. The highest BCUT2D eigenvalue weighted by Crippen LogP contribution is 2.29. The molecular formula is C23H30N2O2S. The zero-order valence-corrected chi connectivity index (χ0v) is 17.8. The van der Waals surface area contributed by atoms with Crippen LogP contribution in [-0.4, -0.2) is 28.1 Å². The number of hydrogen-bond acceptors (Lipinski definition) is 3. The van der Waals surface area contributed by atoms with E-state index < -0.39 is 10.0 Å². The lowest BCUT2D eigenvalue weighted by atomic mass is 9.88. The van der Waals surface area contributed by atoms with E-state index in [0.29, 0.717) is 22.5 Å². The standard InChI is InChI=1S/C23H30N2O2S/c1-5-14-24-21-10-6-20-16-22(11-7-19(20)15-21)25(4)28(26,27)23-12-8-18(9-13-23)17(2)3/h5,7-9,11-13,16-17,21,24H,1,6,10,14-15H2,2-4H3. The van der Waals surface area contributed by atoms with Gasteiger partial charge in [0.25, 0.3) is 10.0 Å². The van der Waals surface area contributed by atoms with Gasteiger partial charge in [0.2, 0.25) is 0 Å². The van der Waals surface area contributed by atoms with E-state index in [1.807, 2.05) is 30.3 Å². The molecule has 0 spiro atoms. The predicted octanol–water partition coefficient (Wildman–Crippen LogP) is 4.27. The summed E-state index contributed by atoms with van der Waals surface area (Å²) in [5.41, 5.74) is 4.38. The Morgan fingerprint density at radius 1 is 1.18 bits per heavy atom. The van der Waals surface area contributed by atoms with Crippen molar-refractivity contribution in [2.45, 2.75) is 50.0 Å². The van der Waals surface area contributed by atoms with Gasteiger partial charge in [0.15, 0.2) is 0 Å². The van der Waals surface area contributed by atoms with E-state index in [1.54, 1.807) is 19.2 Å². The van der Waals surface area contributed by atoms with E-state index in [4.69, 9.17) is 0 Å². The molecule has 0 heterocycles. The molecule has 1 aliphatic carbocycles. The van der Waals surface area contributed by atoms with Crippen LogP contribution >= 0.6 is 0 Å². The molecule has 1 N–H and O–H groups in total. The van der Waals surface area contributed by atoms with Gasteiger partial charge in [-0.3, -0.25) is 4.31 Å². The van der Waals surface area contributed by atoms with E-state index in [2.05, 4.69) is 31.8 Å². The second-order valence-corrected chi connectivity index (χ2v) is 9.76. The van der Waals surface area contributed by atoms with Gasteiger partial charge >= 0.3 is 0 Å². The summed E-state index contributed by atoms with van der Waals surface area (Å²) in [6.07, 6.45) is 4.86. The Hall–Kier alpha value is -2.11. The van der Waals surface area contributed by atoms with Crippen LogP contribution < -0.4 is 9.62 Å². The van der Waals surface area contributed by atoms with Crippen LogP contribution in [0.1, 0.15) is 42.9 Å². The van der Waals surface area contributed by atoms with E-state index >= 15 is 0 Å². The van der Waals surface area contributed by atoms with E-state index in [-0.39, 0.29) is 0 Å². The fourth-order valence-corrected chi connectivity index (χ4v) is 4.87. The van der Waals surface area contributed by atoms with Gasteiger partial charge in [-0.05, 0) is 66.1 Å². The zero-order chi connectivity index (χ0) is 20.3. The maximum Gasteiger partial charge on any atom is 0.264 e. The Morgan fingerprint density at radius 3 is 2.54 bits per heavy atom. The molecule has 0 saturated carbocycles. The van der Waals surface area contributed by atoms with Gasteiger partial charge in [-0.25, -0.2) is 8.42 Å². The number of anilines is 1. The molecule has 3 rings (SSSR count). The van der Waals surface area contributed by atoms with Crippen molar-refractivity contribution in [2.75, 3.05) is 17.9 Å². The van der Waals surface area contributed by atoms with Crippen LogP contribution in [0.5, 0.6) is 0 Å². The SMILES string of the molecule is C=CCNC1CCc2cc(N(C)S(=O)(=O)c3ccc(C(C)C)cc3)ccc2C1. The Morgan fingerprint density at radius 2 is 1.89 bits per heavy atom. The summed E-state index contributed by atoms with van der Waals surface area (Å²) in [6, 6.07) is 13.7. The fraction of sp³-hybridized carbons (Fsp3) is 0.391. The van der Waals surface area contributed by atoms with Crippen LogP contribution in [0.3, 0.4) is 0 Å². The number of sulfonamides is 1. The molecule has 0 aliphatic heterocycles. The Kier molecular flexibility index (Phi) is 6.26. The molecule has 0 aromatic heterocycles. The average molecular weight is 399 g/mol. The van der Waals surface area contributed by atoms with E-state index in [9.17, 15) is 8.42 Å². The first kappa shape index (κ1) is 20.6. The van der Waals surface area contributed by atoms with Crippen molar-refractivity contribution in [2.24, 2.45) is 0 Å². The van der Waals surface area contributed by atoms with Crippen molar-refractivity contribution in [3.63, 3.8) is 0 Å². The highest BCUT2D eigenvalue weighted by atomic mass is 32.2. The maximum absolute atomic E-state index is 13.1. The molecule has 4 nitrogen and oxygen atoms in total. The molecule has 1 atom stereocenters. The summed E-state index contributed by atoms with van der Waals surface area (Å²) in [5, 5.41) is 3.48. The quantitative estimate of drug-likeness (QED) is 0.709. The Bertz CT molecular complexity index is 934. The summed E-state index contributed by atoms with van der Waals surface area (Å²) < 4.78 is 27.5. The molecule has 2 aromatic carbocycles. The van der Waals surface area contributed by atoms with Gasteiger partial charge in [-0.1, -0.05) is 38.1 Å². The number of aryl methyl sites for hydroxylation is 1. The van der Waals surface area contributed by atoms with Crippen molar-refractivity contribution in [3.8, 4) is 0 Å². The summed E-state index contributed by atoms with van der Waals surface area (Å²) in [4.78, 5) is 0.325. The number of nitrogens with one attached hydrogen (secondary N) is 1. The maximum atomic E-state index is 13.1. The van der Waals surface area contributed by atoms with Crippen LogP contribution in [0.25, 0.3) is 0 Å². The number of benzene rings is 2. The van der Waals surface area contributed by atoms with E-state index in [1.165, 1.54) is 15.4 Å². The topological polar surface area (TPSA) is 49.4 Å². The van der Waals surface area contributed by atoms with Gasteiger partial charge in [-0.2, -0.15) is 0 Å². The van der Waals surface area contributed by atoms with Crippen molar-refractivity contribution in [1.29, 1.82) is 0 Å². The molecule has 2 aromatic rings. The minimum Gasteiger partial charge on any atom is -0.310 e. The lowest BCUT2D eigenvalue weighted by Crippen LogP contribution is -2.34. The second-order valence-electron chi connectivity index (χ2n) is 7.79. The number of nitrogens with zero attached hydrogens (tertiary/aromatic N) is 1. The summed E-state index contributed by atoms with van der Waals surface area (Å²) in [6.45, 7) is 8.77. The highest BCUT2D eigenvalue weighted by molar-refractivity contribution is 7.92. The summed E-state index contributed by atoms with van der Waals surface area (Å²) in [7, 11) is -1.94. The highest BCUT2D eigenvalue weighted by Gasteiger charge is 2.24. The number of rotatable bonds is 7. The molecule has 0 radical (unpaired) electrons. The lowest BCUT2D eigenvalue weighted by molar-refractivity contribution is 0.480. The van der Waals surface area contributed by atoms with Gasteiger partial charge in [-0.15, -0.1) is 6.58 Å². The smallest absolute Gasteiger partial charge is 0.264 e. The van der Waals surface area contributed by atoms with Crippen molar-refractivity contribution in [3.05, 3.63) is 71.8 Å². The van der Waals surface area contributed by atoms with E-state index in [0.717, 1.165) is 31.4 Å². The van der Waals surface area contributed by atoms with Crippen molar-refractivity contribution >= 4 is 15.7 Å². The minimum atomic E-state index is -3.57. The monoisotopic (exact) mass is 398 g/mol. The Balaban J connectivity index is 1.80. The van der Waals surface area contributed by atoms with Gasteiger partial charge in [0, 0.05) is 19.6 Å². The summed E-state index contributed by atoms with van der Waals surface area (Å²) >= 11 is 0. The van der Waals surface area contributed by atoms with Gasteiger partial charge in [0.1, 0.15) is 0 Å². The molecule has 0 saturated heterocycles. The molecule has 0 bridgehead atoms. The Labute approximate surface area is 169 Å². The molecule has 0 amide bonds. The lowest BCUT2D eigenvalue weighted by Gasteiger charge is -2.27. The molecule has 150 valence electrons. The van der Waals surface area contributed by atoms with Gasteiger partial charge < -0.3 is 5.32 Å². The van der Waals surface area contributed by atoms with Crippen molar-refractivity contribution in [1.82, 2.24) is 5.32 Å². The number of hydrogen-bond donors (Lipinski definition) is 1. The number of fused-ring (bicyclic) bond motifs is 1. The van der Waals surface area contributed by atoms with Crippen LogP contribution in [0.4, 0.5) is 5.69 Å². The average Bonchev–Trinajstić information content (AvgIpc) is 2.71. The van der Waals surface area contributed by atoms with Crippen LogP contribution in [-0.2, 0) is 22.9 Å². The second kappa shape index (κ2) is 8.50. The molecule has 28 heavy (non-hydrogen) atoms. The molecule has 5 heteroatoms. The van der Waals surface area contributed by atoms with Crippen LogP contribution in [0, 0.1) is 0 Å². The van der Waals surface area contributed by atoms with Crippen LogP contribution in [0.2, 0.25) is 0 Å². The third-order valence-corrected chi connectivity index (χ3v) is 7.34. The third kappa shape index (κ3) is 4.31. The predicted molar refractivity (Wildman–Crippen MR) is 117 cm³/mol. The first-order chi connectivity index (χ1) is 13.3. The molecular weight excluding hydrogens is 368 g/mol. The van der Waals surface area contributed by atoms with Crippen LogP contribution in [0.15, 0.2) is 60.0 Å². The molecule has 0 fully saturated rings. The van der Waals surface area contributed by atoms with Gasteiger partial charge in [0.05, 0.1) is 10.6 Å². The minimum absolute atomic E-state index is 0.325. The first-order valence-electron chi connectivity index (χ1n) is 9.88. The summed E-state index contributed by atoms with van der Waals surface area (Å²) in [5.74, 6) is 0.375. The molecule has 1 unspecified atom stereocenters. The zero-order valence-electron chi connectivity index (χ0n) is 17.0. The molecule has 1 aliphatic rings.